The van der Waals surface area contributed by atoms with Crippen LogP contribution < -0.4 is 10.2 Å². The van der Waals surface area contributed by atoms with Gasteiger partial charge in [0.1, 0.15) is 0 Å². The van der Waals surface area contributed by atoms with Crippen LogP contribution >= 0.6 is 0 Å². The summed E-state index contributed by atoms with van der Waals surface area (Å²) in [5, 5.41) is 7.15. The Morgan fingerprint density at radius 1 is 1.29 bits per heavy atom. The van der Waals surface area contributed by atoms with Gasteiger partial charge in [0.05, 0.1) is 0 Å². The van der Waals surface area contributed by atoms with Crippen molar-refractivity contribution in [2.45, 2.75) is 18.9 Å². The summed E-state index contributed by atoms with van der Waals surface area (Å²) in [4.78, 5) is 15.4. The maximum absolute atomic E-state index is 5.41. The summed E-state index contributed by atoms with van der Waals surface area (Å²) >= 11 is 0. The fraction of sp³-hybridized carbons (Fsp3) is 0.538. The number of hydrogen-bond acceptors (Lipinski definition) is 7. The fourth-order valence-electron chi connectivity index (χ4n) is 2.35. The minimum atomic E-state index is 0.385. The van der Waals surface area contributed by atoms with Crippen molar-refractivity contribution < 1.29 is 4.74 Å². The van der Waals surface area contributed by atoms with Crippen molar-refractivity contribution in [2.75, 3.05) is 37.5 Å². The van der Waals surface area contributed by atoms with Gasteiger partial charge in [-0.15, -0.1) is 0 Å². The van der Waals surface area contributed by atoms with E-state index in [2.05, 4.69) is 30.3 Å². The van der Waals surface area contributed by atoms with Crippen molar-refractivity contribution >= 4 is 11.9 Å². The topological polar surface area (TPSA) is 81.0 Å². The molecule has 2 aromatic rings. The number of aromatic nitrogens is 5. The molecule has 21 heavy (non-hydrogen) atoms. The van der Waals surface area contributed by atoms with Crippen molar-refractivity contribution in [2.24, 2.45) is 0 Å². The van der Waals surface area contributed by atoms with Gasteiger partial charge >= 0.3 is 0 Å². The van der Waals surface area contributed by atoms with Crippen LogP contribution in [0.3, 0.4) is 0 Å². The lowest BCUT2D eigenvalue weighted by Crippen LogP contribution is -2.38. The third-order valence-corrected chi connectivity index (χ3v) is 3.60. The number of nitrogens with zero attached hydrogens (tertiary/aromatic N) is 6. The fourth-order valence-corrected chi connectivity index (χ4v) is 2.35. The van der Waals surface area contributed by atoms with E-state index >= 15 is 0 Å². The number of ether oxygens (including phenoxy) is 1. The molecule has 8 nitrogen and oxygen atoms in total. The molecule has 3 heterocycles. The number of rotatable bonds is 4. The molecule has 0 amide bonds. The summed E-state index contributed by atoms with van der Waals surface area (Å²) in [6.07, 6.45) is 5.47. The first-order valence-electron chi connectivity index (χ1n) is 7.02. The van der Waals surface area contributed by atoms with Crippen LogP contribution in [0.25, 0.3) is 5.95 Å². The highest BCUT2D eigenvalue weighted by Gasteiger charge is 2.22. The van der Waals surface area contributed by atoms with Crippen LogP contribution in [-0.2, 0) is 4.74 Å². The predicted molar refractivity (Wildman–Crippen MR) is 78.7 cm³/mol. The zero-order chi connectivity index (χ0) is 14.7. The van der Waals surface area contributed by atoms with E-state index in [-0.39, 0.29) is 0 Å². The zero-order valence-corrected chi connectivity index (χ0v) is 12.2. The van der Waals surface area contributed by atoms with E-state index in [1.54, 1.807) is 17.9 Å². The van der Waals surface area contributed by atoms with E-state index in [0.717, 1.165) is 26.1 Å². The van der Waals surface area contributed by atoms with Crippen LogP contribution in [0.5, 0.6) is 0 Å². The van der Waals surface area contributed by atoms with Gasteiger partial charge in [-0.2, -0.15) is 20.1 Å². The molecular formula is C13H19N7O. The van der Waals surface area contributed by atoms with Crippen LogP contribution in [0.4, 0.5) is 11.9 Å². The second-order valence-corrected chi connectivity index (χ2v) is 4.91. The van der Waals surface area contributed by atoms with Crippen molar-refractivity contribution in [3.8, 4) is 5.95 Å². The van der Waals surface area contributed by atoms with Crippen molar-refractivity contribution in [1.29, 1.82) is 0 Å². The van der Waals surface area contributed by atoms with E-state index < -0.39 is 0 Å². The minimum Gasteiger partial charge on any atom is -0.381 e. The first kappa shape index (κ1) is 13.7. The maximum atomic E-state index is 5.41. The Labute approximate surface area is 123 Å². The molecule has 0 spiro atoms. The van der Waals surface area contributed by atoms with Gasteiger partial charge in [-0.05, 0) is 18.9 Å². The van der Waals surface area contributed by atoms with Gasteiger partial charge in [-0.25, -0.2) is 4.68 Å². The summed E-state index contributed by atoms with van der Waals surface area (Å²) < 4.78 is 7.04. The highest BCUT2D eigenvalue weighted by atomic mass is 16.5. The molecule has 0 radical (unpaired) electrons. The van der Waals surface area contributed by atoms with Gasteiger partial charge in [0.25, 0.3) is 5.95 Å². The first-order chi connectivity index (χ1) is 10.3. The molecule has 112 valence electrons. The average molecular weight is 289 g/mol. The summed E-state index contributed by atoms with van der Waals surface area (Å²) in [6, 6.07) is 2.22. The Balaban J connectivity index is 1.91. The van der Waals surface area contributed by atoms with Crippen LogP contribution in [-0.4, -0.2) is 58.1 Å². The van der Waals surface area contributed by atoms with E-state index in [9.17, 15) is 0 Å². The molecular weight excluding hydrogens is 270 g/mol. The molecule has 0 bridgehead atoms. The maximum Gasteiger partial charge on any atom is 0.257 e. The largest absolute Gasteiger partial charge is 0.381 e. The van der Waals surface area contributed by atoms with Gasteiger partial charge in [0.15, 0.2) is 0 Å². The quantitative estimate of drug-likeness (QED) is 0.888. The van der Waals surface area contributed by atoms with Crippen molar-refractivity contribution in [3.05, 3.63) is 18.5 Å². The Bertz CT molecular complexity index is 580. The minimum absolute atomic E-state index is 0.385. The summed E-state index contributed by atoms with van der Waals surface area (Å²) in [6.45, 7) is 1.57. The van der Waals surface area contributed by atoms with Gasteiger partial charge in [-0.1, -0.05) is 0 Å². The van der Waals surface area contributed by atoms with E-state index in [4.69, 9.17) is 4.74 Å². The van der Waals surface area contributed by atoms with Crippen LogP contribution in [0.2, 0.25) is 0 Å². The smallest absolute Gasteiger partial charge is 0.257 e. The molecule has 0 aliphatic carbocycles. The molecule has 1 saturated heterocycles. The third-order valence-electron chi connectivity index (χ3n) is 3.60. The molecule has 0 atom stereocenters. The average Bonchev–Trinajstić information content (AvgIpc) is 3.09. The first-order valence-corrected chi connectivity index (χ1v) is 7.02. The molecule has 8 heteroatoms. The molecule has 0 aromatic carbocycles. The van der Waals surface area contributed by atoms with Crippen LogP contribution in [0.1, 0.15) is 12.8 Å². The van der Waals surface area contributed by atoms with Crippen LogP contribution in [0, 0.1) is 0 Å². The molecule has 1 N–H and O–H groups in total. The lowest BCUT2D eigenvalue weighted by molar-refractivity contribution is 0.0852. The van der Waals surface area contributed by atoms with Gasteiger partial charge in [0.2, 0.25) is 11.9 Å². The van der Waals surface area contributed by atoms with E-state index in [1.807, 2.05) is 19.3 Å². The molecule has 1 fully saturated rings. The predicted octanol–water partition coefficient (Wildman–Crippen LogP) is 0.714. The van der Waals surface area contributed by atoms with Crippen molar-refractivity contribution in [3.63, 3.8) is 0 Å². The lowest BCUT2D eigenvalue weighted by Gasteiger charge is -2.31. The summed E-state index contributed by atoms with van der Waals surface area (Å²) in [7, 11) is 3.80. The standard InChI is InChI=1S/C13H19N7O/c1-14-11-16-12(19(2)10-4-8-21-9-5-10)18-13(17-11)20-7-3-6-15-20/h3,6-7,10H,4-5,8-9H2,1-2H3,(H,14,16,17,18). The molecule has 0 unspecified atom stereocenters. The molecule has 1 aliphatic heterocycles. The molecule has 3 rings (SSSR count). The summed E-state index contributed by atoms with van der Waals surface area (Å²) in [5.41, 5.74) is 0. The van der Waals surface area contributed by atoms with Crippen LogP contribution in [0.15, 0.2) is 18.5 Å². The van der Waals surface area contributed by atoms with Gasteiger partial charge in [-0.3, -0.25) is 0 Å². The SMILES string of the molecule is CNc1nc(N(C)C2CCOCC2)nc(-n2cccn2)n1. The Kier molecular flexibility index (Phi) is 3.96. The highest BCUT2D eigenvalue weighted by Crippen LogP contribution is 2.19. The van der Waals surface area contributed by atoms with Gasteiger partial charge < -0.3 is 15.0 Å². The van der Waals surface area contributed by atoms with Gasteiger partial charge in [0, 0.05) is 45.7 Å². The molecule has 0 saturated carbocycles. The molecule has 1 aliphatic rings. The second-order valence-electron chi connectivity index (χ2n) is 4.91. The molecule has 2 aromatic heterocycles. The number of anilines is 2. The Morgan fingerprint density at radius 3 is 2.76 bits per heavy atom. The Morgan fingerprint density at radius 2 is 2.10 bits per heavy atom. The van der Waals surface area contributed by atoms with E-state index in [0.29, 0.717) is 23.9 Å². The monoisotopic (exact) mass is 289 g/mol. The number of hydrogen-bond donors (Lipinski definition) is 1. The Hall–Kier alpha value is -2.22. The zero-order valence-electron chi connectivity index (χ0n) is 12.2. The normalized spacial score (nSPS) is 15.9. The number of nitrogens with one attached hydrogen (secondary N) is 1. The third kappa shape index (κ3) is 2.94. The summed E-state index contributed by atoms with van der Waals surface area (Å²) in [5.74, 6) is 1.68. The van der Waals surface area contributed by atoms with E-state index in [1.165, 1.54) is 0 Å². The second kappa shape index (κ2) is 6.04. The van der Waals surface area contributed by atoms with Crippen molar-refractivity contribution in [1.82, 2.24) is 24.7 Å². The lowest BCUT2D eigenvalue weighted by atomic mass is 10.1. The highest BCUT2D eigenvalue weighted by molar-refractivity contribution is 5.40.